The van der Waals surface area contributed by atoms with Crippen molar-refractivity contribution in [2.45, 2.75) is 5.25 Å². The van der Waals surface area contributed by atoms with Crippen molar-refractivity contribution in [3.05, 3.63) is 45.1 Å². The summed E-state index contributed by atoms with van der Waals surface area (Å²) in [6.45, 7) is 0. The normalized spacial score (nSPS) is 30.2. The van der Waals surface area contributed by atoms with Crippen LogP contribution in [-0.2, 0) is 25.2 Å². The molecule has 90 valence electrons. The standard InChI is InChI=1S/C12H6O4S2/c13-6-1-4-10-9(5-6)17-11-7(14)2-3-8(15)12(11)18(10)16/h1-5,10H. The van der Waals surface area contributed by atoms with Crippen molar-refractivity contribution in [3.8, 4) is 0 Å². The van der Waals surface area contributed by atoms with Crippen molar-refractivity contribution in [2.75, 3.05) is 0 Å². The van der Waals surface area contributed by atoms with Crippen molar-refractivity contribution in [1.29, 1.82) is 0 Å². The molecule has 2 unspecified atom stereocenters. The van der Waals surface area contributed by atoms with Gasteiger partial charge in [0.15, 0.2) is 17.3 Å². The van der Waals surface area contributed by atoms with E-state index < -0.39 is 16.0 Å². The molecular formula is C12H6O4S2. The molecule has 0 bridgehead atoms. The number of fused-ring (bicyclic) bond motifs is 1. The summed E-state index contributed by atoms with van der Waals surface area (Å²) in [5.41, 5.74) is 0. The fourth-order valence-electron chi connectivity index (χ4n) is 1.87. The summed E-state index contributed by atoms with van der Waals surface area (Å²) in [6, 6.07) is 0. The number of hydrogen-bond donors (Lipinski definition) is 0. The van der Waals surface area contributed by atoms with Crippen LogP contribution in [-0.4, -0.2) is 26.8 Å². The molecule has 0 N–H and O–H groups in total. The Morgan fingerprint density at radius 1 is 1.06 bits per heavy atom. The van der Waals surface area contributed by atoms with Gasteiger partial charge in [0, 0.05) is 4.91 Å². The largest absolute Gasteiger partial charge is 0.290 e. The maximum absolute atomic E-state index is 12.3. The Labute approximate surface area is 109 Å². The van der Waals surface area contributed by atoms with Gasteiger partial charge in [-0.3, -0.25) is 18.6 Å². The fraction of sp³-hybridized carbons (Fsp3) is 0.0833. The molecule has 4 nitrogen and oxygen atoms in total. The van der Waals surface area contributed by atoms with Gasteiger partial charge in [0.25, 0.3) is 0 Å². The molecular weight excluding hydrogens is 272 g/mol. The van der Waals surface area contributed by atoms with Crippen LogP contribution in [0.1, 0.15) is 0 Å². The highest BCUT2D eigenvalue weighted by Gasteiger charge is 2.39. The van der Waals surface area contributed by atoms with E-state index >= 15 is 0 Å². The number of allylic oxidation sites excluding steroid dienone is 6. The van der Waals surface area contributed by atoms with E-state index in [0.29, 0.717) is 4.91 Å². The Morgan fingerprint density at radius 3 is 2.56 bits per heavy atom. The summed E-state index contributed by atoms with van der Waals surface area (Å²) >= 11 is 1.07. The summed E-state index contributed by atoms with van der Waals surface area (Å²) in [6.07, 6.45) is 6.55. The molecule has 0 saturated heterocycles. The first-order valence-electron chi connectivity index (χ1n) is 5.11. The topological polar surface area (TPSA) is 68.3 Å². The Morgan fingerprint density at radius 2 is 1.78 bits per heavy atom. The molecule has 18 heavy (non-hydrogen) atoms. The molecule has 1 heterocycles. The third-order valence-electron chi connectivity index (χ3n) is 2.69. The minimum Gasteiger partial charge on any atom is -0.290 e. The Balaban J connectivity index is 2.16. The van der Waals surface area contributed by atoms with E-state index in [1.54, 1.807) is 0 Å². The van der Waals surface area contributed by atoms with Crippen LogP contribution in [0.5, 0.6) is 0 Å². The predicted octanol–water partition coefficient (Wildman–Crippen LogP) is 0.793. The summed E-state index contributed by atoms with van der Waals surface area (Å²) in [7, 11) is -1.61. The van der Waals surface area contributed by atoms with Crippen molar-refractivity contribution in [2.24, 2.45) is 0 Å². The lowest BCUT2D eigenvalue weighted by molar-refractivity contribution is -0.114. The zero-order valence-electron chi connectivity index (χ0n) is 8.91. The highest BCUT2D eigenvalue weighted by molar-refractivity contribution is 8.10. The number of carbonyl (C=O) groups excluding carboxylic acids is 3. The first-order chi connectivity index (χ1) is 8.58. The Bertz CT molecular complexity index is 649. The van der Waals surface area contributed by atoms with Gasteiger partial charge in [-0.05, 0) is 24.3 Å². The van der Waals surface area contributed by atoms with Gasteiger partial charge in [-0.2, -0.15) is 0 Å². The number of carbonyl (C=O) groups is 3. The first kappa shape index (κ1) is 11.6. The molecule has 3 rings (SSSR count). The highest BCUT2D eigenvalue weighted by Crippen LogP contribution is 2.43. The smallest absolute Gasteiger partial charge is 0.196 e. The van der Waals surface area contributed by atoms with Gasteiger partial charge in [0.2, 0.25) is 0 Å². The number of hydrogen-bond acceptors (Lipinski definition) is 5. The molecule has 0 radical (unpaired) electrons. The van der Waals surface area contributed by atoms with Crippen LogP contribution in [0.2, 0.25) is 0 Å². The van der Waals surface area contributed by atoms with Crippen LogP contribution in [0.25, 0.3) is 0 Å². The molecule has 0 fully saturated rings. The molecule has 0 saturated carbocycles. The Kier molecular flexibility index (Phi) is 2.57. The van der Waals surface area contributed by atoms with Gasteiger partial charge >= 0.3 is 0 Å². The molecule has 2 atom stereocenters. The molecule has 0 aromatic carbocycles. The van der Waals surface area contributed by atoms with Crippen LogP contribution < -0.4 is 0 Å². The van der Waals surface area contributed by atoms with E-state index in [1.807, 2.05) is 0 Å². The Hall–Kier alpha value is -1.53. The van der Waals surface area contributed by atoms with Gasteiger partial charge in [-0.15, -0.1) is 0 Å². The zero-order valence-corrected chi connectivity index (χ0v) is 10.5. The lowest BCUT2D eigenvalue weighted by Crippen LogP contribution is -2.29. The fourth-order valence-corrected chi connectivity index (χ4v) is 4.92. The molecule has 1 aliphatic heterocycles. The van der Waals surface area contributed by atoms with Crippen LogP contribution in [0.4, 0.5) is 0 Å². The van der Waals surface area contributed by atoms with Crippen molar-refractivity contribution < 1.29 is 18.6 Å². The van der Waals surface area contributed by atoms with E-state index in [4.69, 9.17) is 0 Å². The zero-order chi connectivity index (χ0) is 12.9. The van der Waals surface area contributed by atoms with E-state index in [1.165, 1.54) is 24.3 Å². The highest BCUT2D eigenvalue weighted by atomic mass is 32.2. The second kappa shape index (κ2) is 4.00. The quantitative estimate of drug-likeness (QED) is 0.613. The summed E-state index contributed by atoms with van der Waals surface area (Å²) in [4.78, 5) is 35.5. The van der Waals surface area contributed by atoms with Crippen LogP contribution >= 0.6 is 11.8 Å². The van der Waals surface area contributed by atoms with Crippen molar-refractivity contribution in [3.63, 3.8) is 0 Å². The molecule has 0 aromatic rings. The maximum Gasteiger partial charge on any atom is 0.196 e. The monoisotopic (exact) mass is 278 g/mol. The van der Waals surface area contributed by atoms with Gasteiger partial charge < -0.3 is 0 Å². The van der Waals surface area contributed by atoms with E-state index in [2.05, 4.69) is 0 Å². The molecule has 0 amide bonds. The van der Waals surface area contributed by atoms with Crippen LogP contribution in [0, 0.1) is 0 Å². The van der Waals surface area contributed by atoms with Crippen LogP contribution in [0.3, 0.4) is 0 Å². The predicted molar refractivity (Wildman–Crippen MR) is 67.9 cm³/mol. The summed E-state index contributed by atoms with van der Waals surface area (Å²) in [5, 5.41) is -0.491. The summed E-state index contributed by atoms with van der Waals surface area (Å²) in [5.74, 6) is -0.913. The second-order valence-corrected chi connectivity index (χ2v) is 6.44. The van der Waals surface area contributed by atoms with E-state index in [0.717, 1.165) is 17.8 Å². The maximum atomic E-state index is 12.3. The third-order valence-corrected chi connectivity index (χ3v) is 5.87. The van der Waals surface area contributed by atoms with E-state index in [9.17, 15) is 18.6 Å². The van der Waals surface area contributed by atoms with E-state index in [-0.39, 0.29) is 27.2 Å². The van der Waals surface area contributed by atoms with Gasteiger partial charge in [-0.25, -0.2) is 0 Å². The first-order valence-corrected chi connectivity index (χ1v) is 7.14. The minimum atomic E-state index is -1.61. The molecule has 2 aliphatic carbocycles. The lowest BCUT2D eigenvalue weighted by Gasteiger charge is -2.27. The van der Waals surface area contributed by atoms with Crippen molar-refractivity contribution in [1.82, 2.24) is 0 Å². The SMILES string of the molecule is O=C1C=CC2C(=C1)SC1=C(C(=O)C=CC1=O)S2=O. The van der Waals surface area contributed by atoms with Crippen LogP contribution in [0.15, 0.2) is 45.1 Å². The van der Waals surface area contributed by atoms with Gasteiger partial charge in [-0.1, -0.05) is 17.8 Å². The molecule has 0 spiro atoms. The van der Waals surface area contributed by atoms with Gasteiger partial charge in [0.05, 0.1) is 21.0 Å². The van der Waals surface area contributed by atoms with Gasteiger partial charge in [0.1, 0.15) is 4.91 Å². The minimum absolute atomic E-state index is 0.0636. The summed E-state index contributed by atoms with van der Waals surface area (Å²) < 4.78 is 12.3. The third kappa shape index (κ3) is 1.60. The molecule has 3 aliphatic rings. The second-order valence-electron chi connectivity index (χ2n) is 3.85. The molecule has 0 aromatic heterocycles. The number of thioether (sulfide) groups is 1. The van der Waals surface area contributed by atoms with Crippen molar-refractivity contribution >= 4 is 39.9 Å². The molecule has 6 heteroatoms. The number of rotatable bonds is 0. The average Bonchev–Trinajstić information content (AvgIpc) is 2.33. The average molecular weight is 278 g/mol. The number of ketones is 3. The lowest BCUT2D eigenvalue weighted by atomic mass is 10.1.